The van der Waals surface area contributed by atoms with E-state index in [1.54, 1.807) is 0 Å². The molecule has 3 rings (SSSR count). The second-order valence-corrected chi connectivity index (χ2v) is 6.54. The molecule has 1 aromatic carbocycles. The Hall–Kier alpha value is -1.55. The maximum atomic E-state index is 13.9. The molecule has 1 N–H and O–H groups in total. The van der Waals surface area contributed by atoms with Crippen LogP contribution in [0, 0.1) is 11.7 Å². The van der Waals surface area contributed by atoms with E-state index in [0.29, 0.717) is 24.2 Å². The molecule has 1 atom stereocenters. The number of halogens is 2. The number of aromatic carboxylic acids is 1. The van der Waals surface area contributed by atoms with E-state index < -0.39 is 11.8 Å². The summed E-state index contributed by atoms with van der Waals surface area (Å²) in [6.45, 7) is 0.506. The minimum Gasteiger partial charge on any atom is -0.493 e. The standard InChI is InChI=1S/C17H18ClFO3/c18-12-5-1-10(2-6-12)9-22-16-8-15(19)14(17(20)21)7-13(16)11-3-4-11/h5,7-8,10-11H,1-4,6,9H2,(H,20,21). The second-order valence-electron chi connectivity index (χ2n) is 6.05. The first-order valence-electron chi connectivity index (χ1n) is 7.58. The summed E-state index contributed by atoms with van der Waals surface area (Å²) in [7, 11) is 0. The smallest absolute Gasteiger partial charge is 0.338 e. The predicted octanol–water partition coefficient (Wildman–Crippen LogP) is 4.70. The largest absolute Gasteiger partial charge is 0.493 e. The van der Waals surface area contributed by atoms with E-state index in [4.69, 9.17) is 21.4 Å². The lowest BCUT2D eigenvalue weighted by molar-refractivity contribution is 0.0691. The first kappa shape index (κ1) is 15.3. The maximum Gasteiger partial charge on any atom is 0.338 e. The number of allylic oxidation sites excluding steroid dienone is 2. The lowest BCUT2D eigenvalue weighted by Crippen LogP contribution is -2.15. The molecule has 1 unspecified atom stereocenters. The van der Waals surface area contributed by atoms with Crippen molar-refractivity contribution in [3.63, 3.8) is 0 Å². The zero-order chi connectivity index (χ0) is 15.7. The topological polar surface area (TPSA) is 46.5 Å². The van der Waals surface area contributed by atoms with Crippen molar-refractivity contribution in [2.24, 2.45) is 5.92 Å². The van der Waals surface area contributed by atoms with Crippen molar-refractivity contribution in [1.29, 1.82) is 0 Å². The number of ether oxygens (including phenoxy) is 1. The van der Waals surface area contributed by atoms with Crippen molar-refractivity contribution in [2.75, 3.05) is 6.61 Å². The summed E-state index contributed by atoms with van der Waals surface area (Å²) < 4.78 is 19.7. The average Bonchev–Trinajstić information content (AvgIpc) is 3.31. The molecule has 5 heteroatoms. The molecule has 2 aliphatic carbocycles. The van der Waals surface area contributed by atoms with Gasteiger partial charge in [0.1, 0.15) is 11.6 Å². The SMILES string of the molecule is O=C(O)c1cc(C2CC2)c(OCC2CC=C(Cl)CC2)cc1F. The second kappa shape index (κ2) is 6.29. The van der Waals surface area contributed by atoms with Crippen molar-refractivity contribution in [3.05, 3.63) is 40.2 Å². The van der Waals surface area contributed by atoms with Gasteiger partial charge >= 0.3 is 5.97 Å². The van der Waals surface area contributed by atoms with Gasteiger partial charge in [0.15, 0.2) is 0 Å². The number of hydrogen-bond donors (Lipinski definition) is 1. The molecule has 0 spiro atoms. The van der Waals surface area contributed by atoms with Gasteiger partial charge in [0.2, 0.25) is 0 Å². The molecular formula is C17H18ClFO3. The van der Waals surface area contributed by atoms with Crippen molar-refractivity contribution < 1.29 is 19.0 Å². The zero-order valence-corrected chi connectivity index (χ0v) is 12.9. The van der Waals surface area contributed by atoms with E-state index in [9.17, 15) is 9.18 Å². The van der Waals surface area contributed by atoms with Crippen LogP contribution in [0.15, 0.2) is 23.2 Å². The molecule has 0 heterocycles. The molecule has 0 radical (unpaired) electrons. The lowest BCUT2D eigenvalue weighted by atomic mass is 9.95. The van der Waals surface area contributed by atoms with E-state index in [0.717, 1.165) is 42.7 Å². The van der Waals surface area contributed by atoms with Crippen molar-refractivity contribution in [2.45, 2.75) is 38.0 Å². The van der Waals surface area contributed by atoms with Crippen LogP contribution in [0.3, 0.4) is 0 Å². The number of carboxylic acids is 1. The Morgan fingerprint density at radius 2 is 2.14 bits per heavy atom. The van der Waals surface area contributed by atoms with Gasteiger partial charge in [0.25, 0.3) is 0 Å². The molecule has 3 nitrogen and oxygen atoms in total. The van der Waals surface area contributed by atoms with Crippen molar-refractivity contribution in [1.82, 2.24) is 0 Å². The van der Waals surface area contributed by atoms with Crippen LogP contribution in [0.2, 0.25) is 0 Å². The Kier molecular flexibility index (Phi) is 4.39. The van der Waals surface area contributed by atoms with Gasteiger partial charge in [0, 0.05) is 11.1 Å². The molecule has 22 heavy (non-hydrogen) atoms. The monoisotopic (exact) mass is 324 g/mol. The number of carbonyl (C=O) groups is 1. The first-order chi connectivity index (χ1) is 10.5. The van der Waals surface area contributed by atoms with Crippen LogP contribution < -0.4 is 4.74 Å². The number of rotatable bonds is 5. The van der Waals surface area contributed by atoms with Crippen LogP contribution in [0.4, 0.5) is 4.39 Å². The maximum absolute atomic E-state index is 13.9. The molecule has 1 fully saturated rings. The summed E-state index contributed by atoms with van der Waals surface area (Å²) in [5, 5.41) is 9.94. The van der Waals surface area contributed by atoms with Crippen LogP contribution in [0.5, 0.6) is 5.75 Å². The fourth-order valence-electron chi connectivity index (χ4n) is 2.79. The van der Waals surface area contributed by atoms with E-state index >= 15 is 0 Å². The minimum absolute atomic E-state index is 0.276. The molecule has 118 valence electrons. The summed E-state index contributed by atoms with van der Waals surface area (Å²) >= 11 is 5.96. The lowest BCUT2D eigenvalue weighted by Gasteiger charge is -2.21. The summed E-state index contributed by atoms with van der Waals surface area (Å²) in [5.74, 6) is -0.812. The molecule has 1 aromatic rings. The molecule has 0 amide bonds. The van der Waals surface area contributed by atoms with Gasteiger partial charge in [-0.2, -0.15) is 0 Å². The van der Waals surface area contributed by atoms with Crippen molar-refractivity contribution in [3.8, 4) is 5.75 Å². The molecular weight excluding hydrogens is 307 g/mol. The molecule has 2 aliphatic rings. The fourth-order valence-corrected chi connectivity index (χ4v) is 2.99. The quantitative estimate of drug-likeness (QED) is 0.853. The first-order valence-corrected chi connectivity index (χ1v) is 7.96. The molecule has 0 aromatic heterocycles. The summed E-state index contributed by atoms with van der Waals surface area (Å²) in [6, 6.07) is 2.66. The number of hydrogen-bond acceptors (Lipinski definition) is 2. The summed E-state index contributed by atoms with van der Waals surface area (Å²) in [4.78, 5) is 11.1. The van der Waals surface area contributed by atoms with Gasteiger partial charge in [-0.05, 0) is 55.6 Å². The minimum atomic E-state index is -1.24. The van der Waals surface area contributed by atoms with Crippen LogP contribution in [0.1, 0.15) is 53.9 Å². The van der Waals surface area contributed by atoms with Gasteiger partial charge in [-0.15, -0.1) is 0 Å². The van der Waals surface area contributed by atoms with Crippen LogP contribution in [0.25, 0.3) is 0 Å². The highest BCUT2D eigenvalue weighted by Crippen LogP contribution is 2.45. The van der Waals surface area contributed by atoms with Crippen molar-refractivity contribution >= 4 is 17.6 Å². The normalized spacial score (nSPS) is 21.4. The Bertz CT molecular complexity index is 623. The van der Waals surface area contributed by atoms with Crippen LogP contribution in [-0.4, -0.2) is 17.7 Å². The van der Waals surface area contributed by atoms with E-state index in [2.05, 4.69) is 0 Å². The third-order valence-electron chi connectivity index (χ3n) is 4.29. The van der Waals surface area contributed by atoms with E-state index in [-0.39, 0.29) is 5.56 Å². The summed E-state index contributed by atoms with van der Waals surface area (Å²) in [6.07, 6.45) is 6.70. The molecule has 0 bridgehead atoms. The number of benzene rings is 1. The van der Waals surface area contributed by atoms with Gasteiger partial charge in [-0.1, -0.05) is 17.7 Å². The van der Waals surface area contributed by atoms with Crippen LogP contribution in [-0.2, 0) is 0 Å². The Morgan fingerprint density at radius 3 is 2.73 bits per heavy atom. The van der Waals surface area contributed by atoms with Gasteiger partial charge in [0.05, 0.1) is 12.2 Å². The third-order valence-corrected chi connectivity index (χ3v) is 4.63. The Morgan fingerprint density at radius 1 is 1.36 bits per heavy atom. The van der Waals surface area contributed by atoms with E-state index in [1.807, 2.05) is 6.08 Å². The van der Waals surface area contributed by atoms with Gasteiger partial charge in [-0.25, -0.2) is 9.18 Å². The highest BCUT2D eigenvalue weighted by molar-refractivity contribution is 6.29. The third kappa shape index (κ3) is 3.43. The van der Waals surface area contributed by atoms with Gasteiger partial charge < -0.3 is 9.84 Å². The number of carboxylic acid groups (broad SMARTS) is 1. The Balaban J connectivity index is 1.75. The summed E-state index contributed by atoms with van der Waals surface area (Å²) in [5.41, 5.74) is 0.546. The Labute approximate surface area is 133 Å². The molecule has 1 saturated carbocycles. The molecule has 0 aliphatic heterocycles. The fraction of sp³-hybridized carbons (Fsp3) is 0.471. The average molecular weight is 325 g/mol. The molecule has 0 saturated heterocycles. The predicted molar refractivity (Wildman–Crippen MR) is 82.1 cm³/mol. The van der Waals surface area contributed by atoms with E-state index in [1.165, 1.54) is 12.1 Å². The van der Waals surface area contributed by atoms with Gasteiger partial charge in [-0.3, -0.25) is 0 Å². The zero-order valence-electron chi connectivity index (χ0n) is 12.1. The van der Waals surface area contributed by atoms with Crippen LogP contribution >= 0.6 is 11.6 Å². The highest BCUT2D eigenvalue weighted by Gasteiger charge is 2.29. The highest BCUT2D eigenvalue weighted by atomic mass is 35.5.